The van der Waals surface area contributed by atoms with Crippen LogP contribution in [0.3, 0.4) is 0 Å². The van der Waals surface area contributed by atoms with Gasteiger partial charge < -0.3 is 20.1 Å². The van der Waals surface area contributed by atoms with Gasteiger partial charge >= 0.3 is 0 Å². The first-order valence-electron chi connectivity index (χ1n) is 10.1. The van der Waals surface area contributed by atoms with Crippen LogP contribution in [-0.2, 0) is 4.74 Å². The van der Waals surface area contributed by atoms with Crippen LogP contribution in [0.5, 0.6) is 5.75 Å². The van der Waals surface area contributed by atoms with Crippen LogP contribution in [0.25, 0.3) is 0 Å². The van der Waals surface area contributed by atoms with Gasteiger partial charge in [0.15, 0.2) is 5.96 Å². The summed E-state index contributed by atoms with van der Waals surface area (Å²) in [6.45, 7) is 4.48. The Balaban J connectivity index is 0.00000341. The zero-order valence-corrected chi connectivity index (χ0v) is 19.9. The Kier molecular flexibility index (Phi) is 11.0. The van der Waals surface area contributed by atoms with Crippen molar-refractivity contribution in [2.45, 2.75) is 6.04 Å². The van der Waals surface area contributed by atoms with E-state index in [9.17, 15) is 8.78 Å². The van der Waals surface area contributed by atoms with E-state index < -0.39 is 0 Å². The van der Waals surface area contributed by atoms with Crippen molar-refractivity contribution in [1.82, 2.24) is 15.5 Å². The molecule has 0 radical (unpaired) electrons. The minimum atomic E-state index is -0.326. The molecule has 0 amide bonds. The molecule has 0 saturated carbocycles. The lowest BCUT2D eigenvalue weighted by atomic mass is 10.0. The molecule has 1 heterocycles. The van der Waals surface area contributed by atoms with Crippen molar-refractivity contribution in [3.8, 4) is 5.75 Å². The maximum Gasteiger partial charge on any atom is 0.191 e. The van der Waals surface area contributed by atoms with Gasteiger partial charge in [-0.2, -0.15) is 0 Å². The Labute approximate surface area is 199 Å². The molecule has 1 fully saturated rings. The molecule has 170 valence electrons. The van der Waals surface area contributed by atoms with Crippen molar-refractivity contribution < 1.29 is 18.3 Å². The molecule has 1 aliphatic heterocycles. The maximum atomic E-state index is 13.4. The van der Waals surface area contributed by atoms with Crippen molar-refractivity contribution in [3.05, 3.63) is 65.7 Å². The highest BCUT2D eigenvalue weighted by atomic mass is 127. The van der Waals surface area contributed by atoms with Gasteiger partial charge in [0.1, 0.15) is 24.0 Å². The van der Waals surface area contributed by atoms with E-state index in [4.69, 9.17) is 9.47 Å². The number of benzene rings is 2. The number of nitrogens with zero attached hydrogens (tertiary/aromatic N) is 2. The summed E-state index contributed by atoms with van der Waals surface area (Å²) in [6, 6.07) is 12.7. The average molecular weight is 546 g/mol. The van der Waals surface area contributed by atoms with E-state index in [1.54, 1.807) is 19.2 Å². The van der Waals surface area contributed by atoms with Crippen LogP contribution in [0, 0.1) is 11.6 Å². The van der Waals surface area contributed by atoms with Gasteiger partial charge in [0.05, 0.1) is 25.8 Å². The number of aliphatic imine (C=N–C) groups is 1. The number of hydrogen-bond acceptors (Lipinski definition) is 4. The largest absolute Gasteiger partial charge is 0.492 e. The molecular weight excluding hydrogens is 517 g/mol. The molecule has 0 aliphatic carbocycles. The highest BCUT2D eigenvalue weighted by Crippen LogP contribution is 2.21. The van der Waals surface area contributed by atoms with Crippen LogP contribution in [-0.4, -0.2) is 63.9 Å². The SMILES string of the molecule is CN=C(NCCOc1cccc(F)c1)NCC(c1ccc(F)cc1)N1CCOCC1.I. The lowest BCUT2D eigenvalue weighted by Crippen LogP contribution is -2.46. The van der Waals surface area contributed by atoms with E-state index in [1.165, 1.54) is 24.3 Å². The molecule has 2 N–H and O–H groups in total. The first-order chi connectivity index (χ1) is 14.7. The zero-order chi connectivity index (χ0) is 21.2. The van der Waals surface area contributed by atoms with E-state index in [0.29, 0.717) is 44.6 Å². The van der Waals surface area contributed by atoms with E-state index in [1.807, 2.05) is 12.1 Å². The van der Waals surface area contributed by atoms with Crippen LogP contribution in [0.15, 0.2) is 53.5 Å². The molecule has 31 heavy (non-hydrogen) atoms. The Morgan fingerprint density at radius 2 is 1.84 bits per heavy atom. The molecule has 1 saturated heterocycles. The van der Waals surface area contributed by atoms with E-state index in [2.05, 4.69) is 20.5 Å². The highest BCUT2D eigenvalue weighted by molar-refractivity contribution is 14.0. The molecular formula is C22H29F2IN4O2. The molecule has 0 bridgehead atoms. The summed E-state index contributed by atoms with van der Waals surface area (Å²) < 4.78 is 37.6. The second-order valence-corrected chi connectivity index (χ2v) is 6.90. The fourth-order valence-electron chi connectivity index (χ4n) is 3.34. The fraction of sp³-hybridized carbons (Fsp3) is 0.409. The van der Waals surface area contributed by atoms with Crippen molar-refractivity contribution in [3.63, 3.8) is 0 Å². The predicted molar refractivity (Wildman–Crippen MR) is 128 cm³/mol. The number of halogens is 3. The lowest BCUT2D eigenvalue weighted by molar-refractivity contribution is 0.0170. The third-order valence-corrected chi connectivity index (χ3v) is 4.89. The smallest absolute Gasteiger partial charge is 0.191 e. The first-order valence-corrected chi connectivity index (χ1v) is 10.1. The lowest BCUT2D eigenvalue weighted by Gasteiger charge is -2.35. The van der Waals surface area contributed by atoms with Gasteiger partial charge in [-0.15, -0.1) is 24.0 Å². The highest BCUT2D eigenvalue weighted by Gasteiger charge is 2.23. The number of ether oxygens (including phenoxy) is 2. The summed E-state index contributed by atoms with van der Waals surface area (Å²) in [5, 5.41) is 6.52. The van der Waals surface area contributed by atoms with Crippen LogP contribution in [0.4, 0.5) is 8.78 Å². The monoisotopic (exact) mass is 546 g/mol. The summed E-state index contributed by atoms with van der Waals surface area (Å²) >= 11 is 0. The third kappa shape index (κ3) is 8.23. The van der Waals surface area contributed by atoms with Gasteiger partial charge in [-0.25, -0.2) is 8.78 Å². The number of nitrogens with one attached hydrogen (secondary N) is 2. The molecule has 3 rings (SSSR count). The van der Waals surface area contributed by atoms with Gasteiger partial charge in [-0.3, -0.25) is 9.89 Å². The summed E-state index contributed by atoms with van der Waals surface area (Å²) in [5.74, 6) is 0.553. The van der Waals surface area contributed by atoms with Crippen LogP contribution >= 0.6 is 24.0 Å². The number of guanidine groups is 1. The molecule has 1 unspecified atom stereocenters. The van der Waals surface area contributed by atoms with Crippen LogP contribution in [0.2, 0.25) is 0 Å². The minimum absolute atomic E-state index is 0. The summed E-state index contributed by atoms with van der Waals surface area (Å²) in [6.07, 6.45) is 0. The maximum absolute atomic E-state index is 13.4. The Morgan fingerprint density at radius 3 is 2.52 bits per heavy atom. The van der Waals surface area contributed by atoms with Crippen molar-refractivity contribution in [2.24, 2.45) is 4.99 Å². The average Bonchev–Trinajstić information content (AvgIpc) is 2.77. The van der Waals surface area contributed by atoms with Gasteiger partial charge in [-0.1, -0.05) is 18.2 Å². The van der Waals surface area contributed by atoms with Gasteiger partial charge in [0.25, 0.3) is 0 Å². The number of rotatable bonds is 8. The fourth-order valence-corrected chi connectivity index (χ4v) is 3.34. The molecule has 2 aromatic carbocycles. The van der Waals surface area contributed by atoms with Crippen molar-refractivity contribution >= 4 is 29.9 Å². The second-order valence-electron chi connectivity index (χ2n) is 6.90. The Morgan fingerprint density at radius 1 is 1.10 bits per heavy atom. The van der Waals surface area contributed by atoms with Gasteiger partial charge in [-0.05, 0) is 29.8 Å². The molecule has 9 heteroatoms. The summed E-state index contributed by atoms with van der Waals surface area (Å²) in [7, 11) is 1.70. The van der Waals surface area contributed by atoms with Crippen LogP contribution < -0.4 is 15.4 Å². The summed E-state index contributed by atoms with van der Waals surface area (Å²) in [5.41, 5.74) is 1.04. The number of morpholine rings is 1. The quantitative estimate of drug-likeness (QED) is 0.231. The number of hydrogen-bond donors (Lipinski definition) is 2. The van der Waals surface area contributed by atoms with Gasteiger partial charge in [0.2, 0.25) is 0 Å². The van der Waals surface area contributed by atoms with E-state index in [0.717, 1.165) is 18.7 Å². The van der Waals surface area contributed by atoms with Crippen molar-refractivity contribution in [2.75, 3.05) is 53.0 Å². The molecule has 1 aliphatic rings. The van der Waals surface area contributed by atoms with Crippen LogP contribution in [0.1, 0.15) is 11.6 Å². The molecule has 0 spiro atoms. The standard InChI is InChI=1S/C22H28F2N4O2.HI/c1-25-22(26-9-12-30-20-4-2-3-19(24)15-20)27-16-21(28-10-13-29-14-11-28)17-5-7-18(23)8-6-17;/h2-8,15,21H,9-14,16H2,1H3,(H2,25,26,27);1H. The molecule has 6 nitrogen and oxygen atoms in total. The van der Waals surface area contributed by atoms with E-state index >= 15 is 0 Å². The first kappa shape index (κ1) is 25.3. The molecule has 0 aromatic heterocycles. The molecule has 2 aromatic rings. The topological polar surface area (TPSA) is 58.1 Å². The summed E-state index contributed by atoms with van der Waals surface area (Å²) in [4.78, 5) is 6.57. The normalized spacial score (nSPS) is 15.6. The zero-order valence-electron chi connectivity index (χ0n) is 17.5. The minimum Gasteiger partial charge on any atom is -0.492 e. The van der Waals surface area contributed by atoms with E-state index in [-0.39, 0.29) is 41.7 Å². The predicted octanol–water partition coefficient (Wildman–Crippen LogP) is 3.20. The second kappa shape index (κ2) is 13.4. The van der Waals surface area contributed by atoms with Crippen molar-refractivity contribution in [1.29, 1.82) is 0 Å². The Hall–Kier alpha value is -1.98. The Bertz CT molecular complexity index is 817. The molecule has 1 atom stereocenters. The third-order valence-electron chi connectivity index (χ3n) is 4.89. The van der Waals surface area contributed by atoms with Gasteiger partial charge in [0, 0.05) is 32.7 Å².